The normalized spacial score (nSPS) is 10.5. The van der Waals surface area contributed by atoms with Gasteiger partial charge in [0.25, 0.3) is 0 Å². The zero-order valence-corrected chi connectivity index (χ0v) is 8.53. The zero-order chi connectivity index (χ0) is 11.0. The maximum atomic E-state index is 11.3. The second-order valence-corrected chi connectivity index (χ2v) is 3.29. The second kappa shape index (κ2) is 3.31. The second-order valence-electron chi connectivity index (χ2n) is 3.29. The molecule has 4 nitrogen and oxygen atoms in total. The first kappa shape index (κ1) is 9.58. The van der Waals surface area contributed by atoms with Crippen molar-refractivity contribution in [3.05, 3.63) is 34.2 Å². The number of benzene rings is 1. The molecule has 2 rings (SSSR count). The van der Waals surface area contributed by atoms with Crippen molar-refractivity contribution in [1.82, 2.24) is 0 Å². The van der Waals surface area contributed by atoms with Crippen LogP contribution in [0.25, 0.3) is 11.0 Å². The molecule has 0 bridgehead atoms. The van der Waals surface area contributed by atoms with Crippen LogP contribution in [-0.4, -0.2) is 7.11 Å². The Morgan fingerprint density at radius 1 is 1.40 bits per heavy atom. The molecule has 0 saturated heterocycles. The Labute approximate surface area is 86.3 Å². The number of ether oxygens (including phenoxy) is 1. The van der Waals surface area contributed by atoms with E-state index in [4.69, 9.17) is 14.9 Å². The third-order valence-corrected chi connectivity index (χ3v) is 2.42. The number of nitrogens with two attached hydrogens (primary N) is 1. The van der Waals surface area contributed by atoms with E-state index in [2.05, 4.69) is 0 Å². The van der Waals surface area contributed by atoms with Crippen LogP contribution in [0.2, 0.25) is 0 Å². The van der Waals surface area contributed by atoms with Gasteiger partial charge < -0.3 is 14.9 Å². The SMILES string of the molecule is COc1ccc2c(C)c(N)c(=O)oc2c1. The van der Waals surface area contributed by atoms with Gasteiger partial charge in [0, 0.05) is 11.5 Å². The van der Waals surface area contributed by atoms with Crippen LogP contribution in [0.5, 0.6) is 5.75 Å². The molecule has 2 N–H and O–H groups in total. The minimum absolute atomic E-state index is 0.160. The van der Waals surface area contributed by atoms with Gasteiger partial charge >= 0.3 is 5.63 Å². The third-order valence-electron chi connectivity index (χ3n) is 2.42. The Kier molecular flexibility index (Phi) is 2.11. The molecule has 0 aliphatic carbocycles. The van der Waals surface area contributed by atoms with Gasteiger partial charge in [-0.25, -0.2) is 4.79 Å². The van der Waals surface area contributed by atoms with Crippen LogP contribution in [0.1, 0.15) is 5.56 Å². The summed E-state index contributed by atoms with van der Waals surface area (Å²) in [7, 11) is 1.56. The molecule has 0 fully saturated rings. The first-order valence-electron chi connectivity index (χ1n) is 4.50. The molecule has 0 atom stereocenters. The van der Waals surface area contributed by atoms with Crippen molar-refractivity contribution in [3.8, 4) is 5.75 Å². The van der Waals surface area contributed by atoms with E-state index in [0.29, 0.717) is 11.3 Å². The lowest BCUT2D eigenvalue weighted by Crippen LogP contribution is -2.08. The minimum Gasteiger partial charge on any atom is -0.497 e. The summed E-state index contributed by atoms with van der Waals surface area (Å²) < 4.78 is 10.1. The maximum absolute atomic E-state index is 11.3. The van der Waals surface area contributed by atoms with E-state index in [1.165, 1.54) is 0 Å². The number of nitrogen functional groups attached to an aromatic ring is 1. The number of aryl methyl sites for hydroxylation is 1. The van der Waals surface area contributed by atoms with Crippen molar-refractivity contribution in [2.24, 2.45) is 0 Å². The highest BCUT2D eigenvalue weighted by Gasteiger charge is 2.08. The number of anilines is 1. The van der Waals surface area contributed by atoms with Crippen molar-refractivity contribution in [3.63, 3.8) is 0 Å². The topological polar surface area (TPSA) is 65.5 Å². The highest BCUT2D eigenvalue weighted by molar-refractivity contribution is 5.84. The molecule has 0 aliphatic rings. The smallest absolute Gasteiger partial charge is 0.359 e. The van der Waals surface area contributed by atoms with Crippen molar-refractivity contribution in [2.75, 3.05) is 12.8 Å². The molecule has 4 heteroatoms. The monoisotopic (exact) mass is 205 g/mol. The molecule has 1 aromatic heterocycles. The summed E-state index contributed by atoms with van der Waals surface area (Å²) in [5.41, 5.74) is 6.47. The Hall–Kier alpha value is -1.97. The average Bonchev–Trinajstić information content (AvgIpc) is 2.25. The summed E-state index contributed by atoms with van der Waals surface area (Å²) in [6.07, 6.45) is 0. The maximum Gasteiger partial charge on any atom is 0.359 e. The Morgan fingerprint density at radius 2 is 2.13 bits per heavy atom. The fourth-order valence-corrected chi connectivity index (χ4v) is 1.48. The summed E-state index contributed by atoms with van der Waals surface area (Å²) in [6, 6.07) is 5.29. The largest absolute Gasteiger partial charge is 0.497 e. The van der Waals surface area contributed by atoms with Crippen molar-refractivity contribution in [2.45, 2.75) is 6.92 Å². The summed E-state index contributed by atoms with van der Waals surface area (Å²) in [6.45, 7) is 1.79. The quantitative estimate of drug-likeness (QED) is 0.719. The number of hydrogen-bond donors (Lipinski definition) is 1. The van der Waals surface area contributed by atoms with Gasteiger partial charge in [-0.3, -0.25) is 0 Å². The van der Waals surface area contributed by atoms with E-state index in [1.807, 2.05) is 6.07 Å². The fraction of sp³-hybridized carbons (Fsp3) is 0.182. The molecule has 2 aromatic rings. The predicted molar refractivity (Wildman–Crippen MR) is 58.2 cm³/mol. The number of hydrogen-bond acceptors (Lipinski definition) is 4. The van der Waals surface area contributed by atoms with Gasteiger partial charge in [-0.1, -0.05) is 0 Å². The molecule has 0 unspecified atom stereocenters. The van der Waals surface area contributed by atoms with E-state index in [0.717, 1.165) is 10.9 Å². The molecule has 0 spiro atoms. The number of rotatable bonds is 1. The van der Waals surface area contributed by atoms with Gasteiger partial charge in [-0.2, -0.15) is 0 Å². The molecule has 1 heterocycles. The van der Waals surface area contributed by atoms with Crippen molar-refractivity contribution < 1.29 is 9.15 Å². The zero-order valence-electron chi connectivity index (χ0n) is 8.53. The Balaban J connectivity index is 2.86. The van der Waals surface area contributed by atoms with E-state index < -0.39 is 5.63 Å². The number of methoxy groups -OCH3 is 1. The van der Waals surface area contributed by atoms with Crippen LogP contribution in [0, 0.1) is 6.92 Å². The molecule has 1 aromatic carbocycles. The molecular formula is C11H11NO3. The van der Waals surface area contributed by atoms with Gasteiger partial charge in [-0.05, 0) is 24.6 Å². The lowest BCUT2D eigenvalue weighted by Gasteiger charge is -2.05. The van der Waals surface area contributed by atoms with Gasteiger partial charge in [0.1, 0.15) is 17.0 Å². The highest BCUT2D eigenvalue weighted by atomic mass is 16.5. The van der Waals surface area contributed by atoms with Crippen LogP contribution in [0.4, 0.5) is 5.69 Å². The molecule has 15 heavy (non-hydrogen) atoms. The minimum atomic E-state index is -0.506. The van der Waals surface area contributed by atoms with Gasteiger partial charge in [-0.15, -0.1) is 0 Å². The van der Waals surface area contributed by atoms with Crippen LogP contribution in [-0.2, 0) is 0 Å². The summed E-state index contributed by atoms with van der Waals surface area (Å²) in [4.78, 5) is 11.3. The fourth-order valence-electron chi connectivity index (χ4n) is 1.48. The van der Waals surface area contributed by atoms with Gasteiger partial charge in [0.05, 0.1) is 7.11 Å². The van der Waals surface area contributed by atoms with Crippen LogP contribution in [0.3, 0.4) is 0 Å². The van der Waals surface area contributed by atoms with Crippen molar-refractivity contribution >= 4 is 16.7 Å². The van der Waals surface area contributed by atoms with E-state index in [1.54, 1.807) is 26.2 Å². The first-order chi connectivity index (χ1) is 7.13. The average molecular weight is 205 g/mol. The first-order valence-corrected chi connectivity index (χ1v) is 4.50. The Morgan fingerprint density at radius 3 is 2.80 bits per heavy atom. The van der Waals surface area contributed by atoms with Gasteiger partial charge in [0.2, 0.25) is 0 Å². The molecule has 0 aliphatic heterocycles. The van der Waals surface area contributed by atoms with E-state index in [-0.39, 0.29) is 5.69 Å². The molecular weight excluding hydrogens is 194 g/mol. The summed E-state index contributed by atoms with van der Waals surface area (Å²) in [5.74, 6) is 0.648. The molecule has 0 amide bonds. The Bertz CT molecular complexity index is 572. The predicted octanol–water partition coefficient (Wildman–Crippen LogP) is 1.69. The van der Waals surface area contributed by atoms with E-state index in [9.17, 15) is 4.79 Å². The molecule has 78 valence electrons. The lowest BCUT2D eigenvalue weighted by atomic mass is 10.1. The van der Waals surface area contributed by atoms with Crippen molar-refractivity contribution in [1.29, 1.82) is 0 Å². The highest BCUT2D eigenvalue weighted by Crippen LogP contribution is 2.24. The molecule has 0 saturated carbocycles. The van der Waals surface area contributed by atoms with Crippen LogP contribution >= 0.6 is 0 Å². The standard InChI is InChI=1S/C11H11NO3/c1-6-8-4-3-7(14-2)5-9(8)15-11(13)10(6)12/h3-5H,12H2,1-2H3. The molecule has 0 radical (unpaired) electrons. The number of fused-ring (bicyclic) bond motifs is 1. The summed E-state index contributed by atoms with van der Waals surface area (Å²) >= 11 is 0. The van der Waals surface area contributed by atoms with Gasteiger partial charge in [0.15, 0.2) is 0 Å². The summed E-state index contributed by atoms with van der Waals surface area (Å²) in [5, 5.41) is 0.827. The lowest BCUT2D eigenvalue weighted by molar-refractivity contribution is 0.414. The van der Waals surface area contributed by atoms with Crippen LogP contribution < -0.4 is 16.1 Å². The third kappa shape index (κ3) is 1.44. The van der Waals surface area contributed by atoms with Crippen LogP contribution in [0.15, 0.2) is 27.4 Å². The van der Waals surface area contributed by atoms with E-state index >= 15 is 0 Å².